The van der Waals surface area contributed by atoms with Gasteiger partial charge in [0, 0.05) is 42.9 Å². The van der Waals surface area contributed by atoms with Crippen LogP contribution in [0, 0.1) is 20.8 Å². The Morgan fingerprint density at radius 3 is 2.73 bits per heavy atom. The molecule has 8 nitrogen and oxygen atoms in total. The van der Waals surface area contributed by atoms with E-state index in [1.54, 1.807) is 12.4 Å². The third-order valence-corrected chi connectivity index (χ3v) is 5.81. The molecule has 1 aliphatic rings. The smallest absolute Gasteiger partial charge is 0.270 e. The van der Waals surface area contributed by atoms with Gasteiger partial charge in [-0.1, -0.05) is 6.07 Å². The summed E-state index contributed by atoms with van der Waals surface area (Å²) in [5.74, 6) is 0.501. The van der Waals surface area contributed by atoms with E-state index in [0.29, 0.717) is 24.7 Å². The van der Waals surface area contributed by atoms with E-state index in [1.165, 1.54) is 0 Å². The molecule has 4 aromatic rings. The van der Waals surface area contributed by atoms with Gasteiger partial charge in [-0.15, -0.1) is 0 Å². The third-order valence-electron chi connectivity index (χ3n) is 5.81. The maximum absolute atomic E-state index is 13.2. The summed E-state index contributed by atoms with van der Waals surface area (Å²) in [6.45, 7) is 7.75. The molecule has 4 aromatic heterocycles. The van der Waals surface area contributed by atoms with Crippen molar-refractivity contribution in [2.75, 3.05) is 11.9 Å². The third kappa shape index (κ3) is 4.19. The summed E-state index contributed by atoms with van der Waals surface area (Å²) in [5, 5.41) is 3.25. The second-order valence-corrected chi connectivity index (χ2v) is 8.29. The Labute approximate surface area is 192 Å². The van der Waals surface area contributed by atoms with Crippen LogP contribution < -0.4 is 5.32 Å². The highest BCUT2D eigenvalue weighted by Gasteiger charge is 2.26. The number of carbonyl (C=O) groups excluding carboxylic acids is 1. The van der Waals surface area contributed by atoms with Gasteiger partial charge in [-0.25, -0.2) is 9.97 Å². The van der Waals surface area contributed by atoms with Crippen LogP contribution in [0.25, 0.3) is 11.3 Å². The van der Waals surface area contributed by atoms with E-state index in [0.717, 1.165) is 46.1 Å². The zero-order valence-electron chi connectivity index (χ0n) is 18.9. The van der Waals surface area contributed by atoms with E-state index < -0.39 is 0 Å². The highest BCUT2D eigenvalue weighted by molar-refractivity contribution is 5.95. The molecule has 0 radical (unpaired) electrons. The Balaban J connectivity index is 1.41. The first kappa shape index (κ1) is 20.8. The molecular weight excluding hydrogens is 414 g/mol. The van der Waals surface area contributed by atoms with Crippen LogP contribution in [0.4, 0.5) is 11.6 Å². The first-order valence-corrected chi connectivity index (χ1v) is 10.9. The van der Waals surface area contributed by atoms with Crippen LogP contribution in [-0.2, 0) is 13.1 Å². The van der Waals surface area contributed by atoms with Crippen molar-refractivity contribution < 1.29 is 4.79 Å². The molecule has 0 bridgehead atoms. The van der Waals surface area contributed by atoms with Crippen LogP contribution >= 0.6 is 0 Å². The number of hydrogen-bond acceptors (Lipinski definition) is 6. The van der Waals surface area contributed by atoms with Gasteiger partial charge in [-0.3, -0.25) is 14.8 Å². The topological polar surface area (TPSA) is 88.8 Å². The van der Waals surface area contributed by atoms with Gasteiger partial charge in [0.15, 0.2) is 0 Å². The number of pyridine rings is 2. The van der Waals surface area contributed by atoms with Gasteiger partial charge < -0.3 is 14.8 Å². The average molecular weight is 440 g/mol. The summed E-state index contributed by atoms with van der Waals surface area (Å²) in [4.78, 5) is 33.1. The molecule has 1 N–H and O–H groups in total. The lowest BCUT2D eigenvalue weighted by Gasteiger charge is -2.28. The van der Waals surface area contributed by atoms with Crippen molar-refractivity contribution in [2.45, 2.75) is 33.9 Å². The van der Waals surface area contributed by atoms with Crippen LogP contribution in [0.15, 0.2) is 55.0 Å². The van der Waals surface area contributed by atoms with Gasteiger partial charge in [0.2, 0.25) is 5.95 Å². The minimum Gasteiger partial charge on any atom is -0.341 e. The zero-order chi connectivity index (χ0) is 22.9. The molecule has 0 fully saturated rings. The minimum absolute atomic E-state index is 0.00634. The van der Waals surface area contributed by atoms with Gasteiger partial charge >= 0.3 is 0 Å². The quantitative estimate of drug-likeness (QED) is 0.504. The van der Waals surface area contributed by atoms with Crippen LogP contribution in [0.1, 0.15) is 33.1 Å². The van der Waals surface area contributed by atoms with Crippen molar-refractivity contribution >= 4 is 17.5 Å². The van der Waals surface area contributed by atoms with E-state index in [2.05, 4.69) is 20.3 Å². The molecule has 0 aromatic carbocycles. The summed E-state index contributed by atoms with van der Waals surface area (Å²) < 4.78 is 2.01. The number of anilines is 2. The highest BCUT2D eigenvalue weighted by atomic mass is 16.2. The number of carbonyl (C=O) groups is 1. The molecule has 5 rings (SSSR count). The molecule has 166 valence electrons. The van der Waals surface area contributed by atoms with Gasteiger partial charge in [0.1, 0.15) is 5.69 Å². The Hall–Kier alpha value is -4.07. The number of fused-ring (bicyclic) bond motifs is 1. The number of nitrogens with zero attached hydrogens (tertiary/aromatic N) is 6. The predicted molar refractivity (Wildman–Crippen MR) is 126 cm³/mol. The van der Waals surface area contributed by atoms with Gasteiger partial charge in [0.05, 0.1) is 29.3 Å². The number of rotatable bonds is 5. The summed E-state index contributed by atoms with van der Waals surface area (Å²) >= 11 is 0. The molecule has 1 aliphatic heterocycles. The van der Waals surface area contributed by atoms with Gasteiger partial charge in [-0.2, -0.15) is 0 Å². The molecule has 0 atom stereocenters. The maximum atomic E-state index is 13.2. The van der Waals surface area contributed by atoms with Crippen molar-refractivity contribution in [1.29, 1.82) is 0 Å². The van der Waals surface area contributed by atoms with E-state index in [1.807, 2.05) is 72.8 Å². The molecule has 8 heteroatoms. The normalized spacial score (nSPS) is 13.2. The van der Waals surface area contributed by atoms with Crippen molar-refractivity contribution in [2.24, 2.45) is 0 Å². The summed E-state index contributed by atoms with van der Waals surface area (Å²) in [5.41, 5.74) is 6.90. The Morgan fingerprint density at radius 1 is 1.03 bits per heavy atom. The Morgan fingerprint density at radius 2 is 1.91 bits per heavy atom. The summed E-state index contributed by atoms with van der Waals surface area (Å²) in [7, 11) is 0. The van der Waals surface area contributed by atoms with Crippen molar-refractivity contribution in [1.82, 2.24) is 29.4 Å². The zero-order valence-corrected chi connectivity index (χ0v) is 18.9. The fourth-order valence-corrected chi connectivity index (χ4v) is 4.06. The van der Waals surface area contributed by atoms with E-state index in [4.69, 9.17) is 4.98 Å². The largest absolute Gasteiger partial charge is 0.341 e. The fraction of sp³-hybridized carbons (Fsp3) is 0.240. The van der Waals surface area contributed by atoms with Crippen molar-refractivity contribution in [3.63, 3.8) is 0 Å². The lowest BCUT2D eigenvalue weighted by molar-refractivity contribution is 0.0688. The second-order valence-electron chi connectivity index (χ2n) is 8.29. The molecule has 5 heterocycles. The van der Waals surface area contributed by atoms with Crippen molar-refractivity contribution in [3.8, 4) is 11.3 Å². The van der Waals surface area contributed by atoms with Gasteiger partial charge in [0.25, 0.3) is 5.91 Å². The molecular formula is C25H25N7O. The average Bonchev–Trinajstić information content (AvgIpc) is 3.24. The van der Waals surface area contributed by atoms with Crippen LogP contribution in [0.2, 0.25) is 0 Å². The SMILES string of the molecule is Cc1cccc(CN2CCn3cc(-c4nc(Nc5cccnc5C)ncc4C)cc3C2=O)n1. The van der Waals surface area contributed by atoms with E-state index in [9.17, 15) is 4.79 Å². The standard InChI is InChI=1S/C25H25N7O/c1-16-13-27-25(29-21-8-5-9-26-18(21)3)30-23(16)19-12-22-24(33)32(11-10-31(22)14-19)15-20-7-4-6-17(2)28-20/h4-9,12-14H,10-11,15H2,1-3H3,(H,27,29,30). The van der Waals surface area contributed by atoms with Gasteiger partial charge in [-0.05, 0) is 56.7 Å². The minimum atomic E-state index is 0.00634. The number of hydrogen-bond donors (Lipinski definition) is 1. The molecule has 0 unspecified atom stereocenters. The number of aromatic nitrogens is 5. The molecule has 0 spiro atoms. The van der Waals surface area contributed by atoms with Crippen LogP contribution in [0.3, 0.4) is 0 Å². The molecule has 0 aliphatic carbocycles. The monoisotopic (exact) mass is 439 g/mol. The first-order chi connectivity index (χ1) is 16.0. The maximum Gasteiger partial charge on any atom is 0.270 e. The summed E-state index contributed by atoms with van der Waals surface area (Å²) in [6, 6.07) is 11.6. The van der Waals surface area contributed by atoms with E-state index >= 15 is 0 Å². The Kier molecular flexibility index (Phi) is 5.34. The first-order valence-electron chi connectivity index (χ1n) is 10.9. The molecule has 0 saturated heterocycles. The number of aryl methyl sites for hydroxylation is 3. The van der Waals surface area contributed by atoms with Crippen molar-refractivity contribution in [3.05, 3.63) is 83.3 Å². The van der Waals surface area contributed by atoms with Crippen LogP contribution in [-0.4, -0.2) is 41.9 Å². The molecule has 0 saturated carbocycles. The molecule has 33 heavy (non-hydrogen) atoms. The molecule has 1 amide bonds. The Bertz CT molecular complexity index is 1340. The number of amides is 1. The van der Waals surface area contributed by atoms with E-state index in [-0.39, 0.29) is 5.91 Å². The fourth-order valence-electron chi connectivity index (χ4n) is 4.06. The van der Waals surface area contributed by atoms with Crippen LogP contribution in [0.5, 0.6) is 0 Å². The lowest BCUT2D eigenvalue weighted by Crippen LogP contribution is -2.39. The number of nitrogens with one attached hydrogen (secondary N) is 1. The lowest BCUT2D eigenvalue weighted by atomic mass is 10.1. The summed E-state index contributed by atoms with van der Waals surface area (Å²) in [6.07, 6.45) is 5.55. The predicted octanol–water partition coefficient (Wildman–Crippen LogP) is 4.06. The highest BCUT2D eigenvalue weighted by Crippen LogP contribution is 2.28. The second kappa shape index (κ2) is 8.46.